The van der Waals surface area contributed by atoms with Crippen molar-refractivity contribution in [2.75, 3.05) is 17.6 Å². The lowest BCUT2D eigenvalue weighted by Gasteiger charge is -2.08. The Balaban J connectivity index is 1.82. The second-order valence-electron chi connectivity index (χ2n) is 5.52. The standard InChI is InChI=1S/C18H21ClN2O3S2/c1-2-12-20-26(23,24)17-9-5-15(6-10-17)21-18(22)11-13-25-16-7-3-14(19)4-8-16/h3-10,20H,2,11-13H2,1H3,(H,21,22). The second kappa shape index (κ2) is 9.97. The first-order valence-electron chi connectivity index (χ1n) is 8.18. The van der Waals surface area contributed by atoms with Crippen molar-refractivity contribution in [3.8, 4) is 0 Å². The van der Waals surface area contributed by atoms with Gasteiger partial charge in [-0.1, -0.05) is 18.5 Å². The Hall–Kier alpha value is -1.54. The van der Waals surface area contributed by atoms with Gasteiger partial charge in [0.05, 0.1) is 4.90 Å². The molecule has 0 atom stereocenters. The highest BCUT2D eigenvalue weighted by molar-refractivity contribution is 7.99. The highest BCUT2D eigenvalue weighted by atomic mass is 35.5. The summed E-state index contributed by atoms with van der Waals surface area (Å²) in [6.45, 7) is 2.29. The van der Waals surface area contributed by atoms with Crippen molar-refractivity contribution in [3.63, 3.8) is 0 Å². The molecule has 2 aromatic carbocycles. The third kappa shape index (κ3) is 6.64. The molecule has 140 valence electrons. The third-order valence-corrected chi connectivity index (χ3v) is 6.14. The summed E-state index contributed by atoms with van der Waals surface area (Å²) in [6.07, 6.45) is 1.08. The Morgan fingerprint density at radius 1 is 1.08 bits per heavy atom. The van der Waals surface area contributed by atoms with E-state index < -0.39 is 10.0 Å². The summed E-state index contributed by atoms with van der Waals surface area (Å²) >= 11 is 7.41. The molecule has 0 fully saturated rings. The van der Waals surface area contributed by atoms with Crippen molar-refractivity contribution in [1.82, 2.24) is 4.72 Å². The van der Waals surface area contributed by atoms with Crippen molar-refractivity contribution < 1.29 is 13.2 Å². The Labute approximate surface area is 163 Å². The fourth-order valence-corrected chi connectivity index (χ4v) is 4.16. The maximum Gasteiger partial charge on any atom is 0.240 e. The van der Waals surface area contributed by atoms with Crippen molar-refractivity contribution >= 4 is 45.0 Å². The smallest absolute Gasteiger partial charge is 0.240 e. The van der Waals surface area contributed by atoms with E-state index in [4.69, 9.17) is 11.6 Å². The van der Waals surface area contributed by atoms with Crippen LogP contribution in [0.5, 0.6) is 0 Å². The molecule has 0 unspecified atom stereocenters. The number of anilines is 1. The molecule has 1 amide bonds. The van der Waals surface area contributed by atoms with Crippen LogP contribution in [0.3, 0.4) is 0 Å². The number of hydrogen-bond donors (Lipinski definition) is 2. The summed E-state index contributed by atoms with van der Waals surface area (Å²) in [7, 11) is -3.49. The maximum absolute atomic E-state index is 12.0. The molecule has 2 aromatic rings. The molecule has 5 nitrogen and oxygen atoms in total. The monoisotopic (exact) mass is 412 g/mol. The van der Waals surface area contributed by atoms with E-state index in [0.717, 1.165) is 11.3 Å². The number of hydrogen-bond acceptors (Lipinski definition) is 4. The zero-order valence-corrected chi connectivity index (χ0v) is 16.8. The van der Waals surface area contributed by atoms with E-state index in [1.807, 2.05) is 31.2 Å². The molecular weight excluding hydrogens is 392 g/mol. The van der Waals surface area contributed by atoms with Gasteiger partial charge in [-0.2, -0.15) is 0 Å². The van der Waals surface area contributed by atoms with Gasteiger partial charge >= 0.3 is 0 Å². The van der Waals surface area contributed by atoms with Gasteiger partial charge in [-0.25, -0.2) is 13.1 Å². The minimum Gasteiger partial charge on any atom is -0.326 e. The molecule has 26 heavy (non-hydrogen) atoms. The number of amides is 1. The molecule has 0 spiro atoms. The summed E-state index contributed by atoms with van der Waals surface area (Å²) in [5.74, 6) is 0.520. The second-order valence-corrected chi connectivity index (χ2v) is 8.89. The molecule has 0 saturated carbocycles. The first kappa shape index (κ1) is 20.8. The average molecular weight is 413 g/mol. The number of rotatable bonds is 9. The summed E-state index contributed by atoms with van der Waals surface area (Å²) in [5, 5.41) is 3.45. The summed E-state index contributed by atoms with van der Waals surface area (Å²) in [4.78, 5) is 13.2. The minimum atomic E-state index is -3.49. The predicted molar refractivity (Wildman–Crippen MR) is 107 cm³/mol. The van der Waals surface area contributed by atoms with Gasteiger partial charge in [0, 0.05) is 34.3 Å². The van der Waals surface area contributed by atoms with Gasteiger partial charge in [-0.15, -0.1) is 11.8 Å². The summed E-state index contributed by atoms with van der Waals surface area (Å²) in [5.41, 5.74) is 0.570. The number of halogens is 1. The van der Waals surface area contributed by atoms with Crippen LogP contribution >= 0.6 is 23.4 Å². The van der Waals surface area contributed by atoms with Crippen LogP contribution < -0.4 is 10.0 Å². The fraction of sp³-hybridized carbons (Fsp3) is 0.278. The zero-order chi connectivity index (χ0) is 19.0. The van der Waals surface area contributed by atoms with Gasteiger partial charge in [0.15, 0.2) is 0 Å². The van der Waals surface area contributed by atoms with Crippen molar-refractivity contribution in [2.24, 2.45) is 0 Å². The van der Waals surface area contributed by atoms with E-state index in [2.05, 4.69) is 10.0 Å². The van der Waals surface area contributed by atoms with Crippen LogP contribution in [0.2, 0.25) is 5.02 Å². The molecule has 0 radical (unpaired) electrons. The maximum atomic E-state index is 12.0. The Morgan fingerprint density at radius 3 is 2.35 bits per heavy atom. The van der Waals surface area contributed by atoms with Crippen molar-refractivity contribution in [3.05, 3.63) is 53.6 Å². The summed E-state index contributed by atoms with van der Waals surface area (Å²) in [6, 6.07) is 13.6. The predicted octanol–water partition coefficient (Wildman–Crippen LogP) is 4.15. The van der Waals surface area contributed by atoms with E-state index in [-0.39, 0.29) is 10.8 Å². The van der Waals surface area contributed by atoms with E-state index >= 15 is 0 Å². The number of nitrogens with one attached hydrogen (secondary N) is 2. The Bertz CT molecular complexity index is 823. The largest absolute Gasteiger partial charge is 0.326 e. The molecule has 0 aliphatic heterocycles. The molecule has 0 saturated heterocycles. The topological polar surface area (TPSA) is 75.3 Å². The average Bonchev–Trinajstić information content (AvgIpc) is 2.62. The number of benzene rings is 2. The number of carbonyl (C=O) groups excluding carboxylic acids is 1. The molecule has 0 aromatic heterocycles. The van der Waals surface area contributed by atoms with Crippen LogP contribution in [0, 0.1) is 0 Å². The third-order valence-electron chi connectivity index (χ3n) is 3.40. The van der Waals surface area contributed by atoms with Crippen LogP contribution in [0.1, 0.15) is 19.8 Å². The van der Waals surface area contributed by atoms with E-state index in [1.165, 1.54) is 12.1 Å². The van der Waals surface area contributed by atoms with Crippen LogP contribution in [-0.4, -0.2) is 26.6 Å². The fourth-order valence-electron chi connectivity index (χ4n) is 2.05. The van der Waals surface area contributed by atoms with E-state index in [1.54, 1.807) is 23.9 Å². The first-order chi connectivity index (χ1) is 12.4. The summed E-state index contributed by atoms with van der Waals surface area (Å²) < 4.78 is 26.5. The lowest BCUT2D eigenvalue weighted by atomic mass is 10.3. The number of carbonyl (C=O) groups is 1. The van der Waals surface area contributed by atoms with E-state index in [9.17, 15) is 13.2 Å². The van der Waals surface area contributed by atoms with E-state index in [0.29, 0.717) is 29.4 Å². The van der Waals surface area contributed by atoms with Crippen molar-refractivity contribution in [1.29, 1.82) is 0 Å². The highest BCUT2D eigenvalue weighted by Crippen LogP contribution is 2.21. The Kier molecular flexibility index (Phi) is 7.96. The molecule has 2 N–H and O–H groups in total. The lowest BCUT2D eigenvalue weighted by Crippen LogP contribution is -2.24. The zero-order valence-electron chi connectivity index (χ0n) is 14.4. The van der Waals surface area contributed by atoms with Crippen LogP contribution in [-0.2, 0) is 14.8 Å². The molecule has 0 aliphatic rings. The first-order valence-corrected chi connectivity index (χ1v) is 11.0. The van der Waals surface area contributed by atoms with Gasteiger partial charge in [-0.3, -0.25) is 4.79 Å². The lowest BCUT2D eigenvalue weighted by molar-refractivity contribution is -0.115. The molecule has 0 heterocycles. The minimum absolute atomic E-state index is 0.119. The quantitative estimate of drug-likeness (QED) is 0.606. The van der Waals surface area contributed by atoms with Crippen LogP contribution in [0.15, 0.2) is 58.3 Å². The molecule has 2 rings (SSSR count). The highest BCUT2D eigenvalue weighted by Gasteiger charge is 2.13. The van der Waals surface area contributed by atoms with Gasteiger partial charge < -0.3 is 5.32 Å². The number of thioether (sulfide) groups is 1. The van der Waals surface area contributed by atoms with Gasteiger partial charge in [0.25, 0.3) is 0 Å². The molecular formula is C18H21ClN2O3S2. The Morgan fingerprint density at radius 2 is 1.73 bits per heavy atom. The van der Waals surface area contributed by atoms with Crippen molar-refractivity contribution in [2.45, 2.75) is 29.6 Å². The van der Waals surface area contributed by atoms with Crippen LogP contribution in [0.4, 0.5) is 5.69 Å². The van der Waals surface area contributed by atoms with Gasteiger partial charge in [0.1, 0.15) is 0 Å². The SMILES string of the molecule is CCCNS(=O)(=O)c1ccc(NC(=O)CCSc2ccc(Cl)cc2)cc1. The molecule has 0 bridgehead atoms. The van der Waals surface area contributed by atoms with Crippen LogP contribution in [0.25, 0.3) is 0 Å². The number of sulfonamides is 1. The molecule has 8 heteroatoms. The molecule has 0 aliphatic carbocycles. The van der Waals surface area contributed by atoms with Gasteiger partial charge in [0.2, 0.25) is 15.9 Å². The normalized spacial score (nSPS) is 11.3. The van der Waals surface area contributed by atoms with Gasteiger partial charge in [-0.05, 0) is 55.0 Å².